The highest BCUT2D eigenvalue weighted by Gasteiger charge is 2.39. The number of hydrogen-bond donors (Lipinski definition) is 0. The summed E-state index contributed by atoms with van der Waals surface area (Å²) in [5.74, 6) is 0.821. The molecule has 28 heavy (non-hydrogen) atoms. The molecule has 0 N–H and O–H groups in total. The van der Waals surface area contributed by atoms with Gasteiger partial charge in [0.2, 0.25) is 0 Å². The third kappa shape index (κ3) is 1.99. The first-order valence-electron chi connectivity index (χ1n) is 8.54. The van der Waals surface area contributed by atoms with Gasteiger partial charge in [-0.15, -0.1) is 0 Å². The third-order valence-corrected chi connectivity index (χ3v) is 5.68. The zero-order chi connectivity index (χ0) is 19.2. The molecule has 3 heterocycles. The van der Waals surface area contributed by atoms with E-state index in [-0.39, 0.29) is 11.2 Å². The van der Waals surface area contributed by atoms with Crippen molar-refractivity contribution in [2.24, 2.45) is 0 Å². The molecular weight excluding hydrogens is 431 g/mol. The van der Waals surface area contributed by atoms with E-state index in [9.17, 15) is 13.2 Å². The molecule has 3 aromatic carbocycles. The first kappa shape index (κ1) is 16.1. The highest BCUT2D eigenvalue weighted by Crippen LogP contribution is 2.52. The van der Waals surface area contributed by atoms with Gasteiger partial charge in [0.1, 0.15) is 11.6 Å². The van der Waals surface area contributed by atoms with E-state index in [0.717, 1.165) is 21.3 Å². The van der Waals surface area contributed by atoms with Gasteiger partial charge in [-0.3, -0.25) is 4.90 Å². The summed E-state index contributed by atoms with van der Waals surface area (Å²) in [6.07, 6.45) is -4.48. The molecule has 7 heteroatoms. The molecule has 0 spiro atoms. The van der Waals surface area contributed by atoms with E-state index < -0.39 is 11.7 Å². The van der Waals surface area contributed by atoms with Crippen LogP contribution < -0.4 is 4.90 Å². The standard InChI is InChI=1S/C21H9BrF3N3/c22-11-5-7-15-13(8-11)20-27-16-3-1-2-10-4-6-12-14(21(23,24)25)9-17(26-15)28(20)19(12)18(10)16/h1-9H. The molecule has 136 valence electrons. The summed E-state index contributed by atoms with van der Waals surface area (Å²) in [7, 11) is 0. The second kappa shape index (κ2) is 5.11. The topological polar surface area (TPSA) is 29.0 Å². The number of anilines is 3. The SMILES string of the molecule is FC(F)(F)c1cc2nc3ccc(Br)cc3c3nc4cccc5ccc1c(c54)N23. The van der Waals surface area contributed by atoms with Gasteiger partial charge >= 0.3 is 6.18 Å². The molecule has 6 rings (SSSR count). The van der Waals surface area contributed by atoms with E-state index >= 15 is 0 Å². The molecule has 3 nitrogen and oxygen atoms in total. The highest BCUT2D eigenvalue weighted by molar-refractivity contribution is 9.10. The lowest BCUT2D eigenvalue weighted by Crippen LogP contribution is -2.22. The molecule has 0 aliphatic carbocycles. The van der Waals surface area contributed by atoms with Crippen LogP contribution in [-0.2, 0) is 6.18 Å². The lowest BCUT2D eigenvalue weighted by Gasteiger charge is -2.33. The van der Waals surface area contributed by atoms with Crippen molar-refractivity contribution in [3.05, 3.63) is 64.6 Å². The first-order valence-corrected chi connectivity index (χ1v) is 9.33. The summed E-state index contributed by atoms with van der Waals surface area (Å²) < 4.78 is 42.4. The van der Waals surface area contributed by atoms with Crippen molar-refractivity contribution >= 4 is 65.8 Å². The van der Waals surface area contributed by atoms with Crippen molar-refractivity contribution in [3.63, 3.8) is 0 Å². The Morgan fingerprint density at radius 1 is 0.857 bits per heavy atom. The average molecular weight is 440 g/mol. The summed E-state index contributed by atoms with van der Waals surface area (Å²) in [6.45, 7) is 0. The van der Waals surface area contributed by atoms with Gasteiger partial charge < -0.3 is 0 Å². The summed E-state index contributed by atoms with van der Waals surface area (Å²) >= 11 is 3.46. The number of benzene rings is 3. The van der Waals surface area contributed by atoms with Crippen LogP contribution in [0.1, 0.15) is 5.56 Å². The van der Waals surface area contributed by atoms with Gasteiger partial charge in [-0.1, -0.05) is 40.2 Å². The van der Waals surface area contributed by atoms with Crippen LogP contribution in [0.5, 0.6) is 0 Å². The molecule has 0 aromatic heterocycles. The number of hydrogen-bond acceptors (Lipinski definition) is 3. The van der Waals surface area contributed by atoms with Crippen molar-refractivity contribution in [1.29, 1.82) is 0 Å². The van der Waals surface area contributed by atoms with Crippen LogP contribution in [0.4, 0.5) is 30.5 Å². The molecule has 0 amide bonds. The van der Waals surface area contributed by atoms with Gasteiger partial charge in [0.25, 0.3) is 0 Å². The Balaban J connectivity index is 1.95. The van der Waals surface area contributed by atoms with Crippen LogP contribution in [0.15, 0.2) is 59.1 Å². The van der Waals surface area contributed by atoms with E-state index in [0.29, 0.717) is 27.9 Å². The average Bonchev–Trinajstić information content (AvgIpc) is 2.66. The lowest BCUT2D eigenvalue weighted by atomic mass is 9.96. The molecule has 0 atom stereocenters. The van der Waals surface area contributed by atoms with Crippen molar-refractivity contribution in [2.75, 3.05) is 4.90 Å². The summed E-state index contributed by atoms with van der Waals surface area (Å²) in [4.78, 5) is 11.1. The van der Waals surface area contributed by atoms with Crippen LogP contribution in [0.2, 0.25) is 0 Å². The molecule has 0 unspecified atom stereocenters. The zero-order valence-electron chi connectivity index (χ0n) is 14.0. The normalized spacial score (nSPS) is 13.6. The van der Waals surface area contributed by atoms with Gasteiger partial charge in [-0.2, -0.15) is 13.2 Å². The number of aromatic nitrogens is 2. The van der Waals surface area contributed by atoms with Gasteiger partial charge in [0, 0.05) is 20.6 Å². The number of alkyl halides is 3. The molecule has 3 aliphatic rings. The number of nitrogens with zero attached hydrogens (tertiary/aromatic N) is 3. The van der Waals surface area contributed by atoms with Crippen molar-refractivity contribution < 1.29 is 13.2 Å². The maximum atomic E-state index is 13.9. The predicted octanol–water partition coefficient (Wildman–Crippen LogP) is 6.94. The van der Waals surface area contributed by atoms with Crippen LogP contribution in [0.3, 0.4) is 0 Å². The predicted molar refractivity (Wildman–Crippen MR) is 107 cm³/mol. The van der Waals surface area contributed by atoms with Crippen LogP contribution in [0.25, 0.3) is 32.6 Å². The van der Waals surface area contributed by atoms with Crippen molar-refractivity contribution in [3.8, 4) is 0 Å². The minimum Gasteiger partial charge on any atom is -0.277 e. The third-order valence-electron chi connectivity index (χ3n) is 5.19. The minimum atomic E-state index is -4.48. The minimum absolute atomic E-state index is 0.150. The maximum absolute atomic E-state index is 13.9. The smallest absolute Gasteiger partial charge is 0.277 e. The Labute approximate surface area is 164 Å². The molecule has 0 fully saturated rings. The largest absolute Gasteiger partial charge is 0.417 e. The van der Waals surface area contributed by atoms with Gasteiger partial charge in [-0.25, -0.2) is 9.97 Å². The number of halogens is 4. The summed E-state index contributed by atoms with van der Waals surface area (Å²) in [6, 6.07) is 15.5. The summed E-state index contributed by atoms with van der Waals surface area (Å²) in [5.41, 5.74) is 1.07. The van der Waals surface area contributed by atoms with E-state index in [1.165, 1.54) is 6.07 Å². The fraction of sp³-hybridized carbons (Fsp3) is 0.0476. The van der Waals surface area contributed by atoms with E-state index in [4.69, 9.17) is 4.98 Å². The van der Waals surface area contributed by atoms with Crippen molar-refractivity contribution in [1.82, 2.24) is 9.97 Å². The highest BCUT2D eigenvalue weighted by atomic mass is 79.9. The fourth-order valence-corrected chi connectivity index (χ4v) is 4.42. The molecule has 0 radical (unpaired) electrons. The quantitative estimate of drug-likeness (QED) is 0.256. The Bertz CT molecular complexity index is 1430. The van der Waals surface area contributed by atoms with Crippen LogP contribution >= 0.6 is 15.9 Å². The molecule has 3 aliphatic heterocycles. The Morgan fingerprint density at radius 3 is 2.54 bits per heavy atom. The number of fused-ring (bicyclic) bond motifs is 2. The van der Waals surface area contributed by atoms with Crippen LogP contribution in [0, 0.1) is 0 Å². The van der Waals surface area contributed by atoms with Gasteiger partial charge in [-0.05, 0) is 35.7 Å². The second-order valence-corrected chi connectivity index (χ2v) is 7.71. The van der Waals surface area contributed by atoms with Crippen LogP contribution in [-0.4, -0.2) is 9.97 Å². The first-order chi connectivity index (χ1) is 13.4. The molecule has 0 bridgehead atoms. The van der Waals surface area contributed by atoms with Gasteiger partial charge in [0.15, 0.2) is 0 Å². The molecule has 0 saturated heterocycles. The Hall–Kier alpha value is -2.93. The van der Waals surface area contributed by atoms with Gasteiger partial charge in [0.05, 0.1) is 22.3 Å². The maximum Gasteiger partial charge on any atom is 0.417 e. The monoisotopic (exact) mass is 439 g/mol. The molecule has 3 aromatic rings. The van der Waals surface area contributed by atoms with E-state index in [1.807, 2.05) is 30.3 Å². The van der Waals surface area contributed by atoms with Crippen molar-refractivity contribution in [2.45, 2.75) is 6.18 Å². The summed E-state index contributed by atoms with van der Waals surface area (Å²) in [5, 5.41) is 2.49. The fourth-order valence-electron chi connectivity index (χ4n) is 4.05. The Kier molecular flexibility index (Phi) is 2.93. The number of rotatable bonds is 0. The Morgan fingerprint density at radius 2 is 1.71 bits per heavy atom. The second-order valence-electron chi connectivity index (χ2n) is 6.80. The molecule has 0 saturated carbocycles. The zero-order valence-corrected chi connectivity index (χ0v) is 15.6. The molecular formula is C21H9BrF3N3. The van der Waals surface area contributed by atoms with E-state index in [1.54, 1.807) is 17.0 Å². The lowest BCUT2D eigenvalue weighted by molar-refractivity contribution is -0.136. The van der Waals surface area contributed by atoms with E-state index in [2.05, 4.69) is 20.9 Å².